The summed E-state index contributed by atoms with van der Waals surface area (Å²) in [4.78, 5) is 24.4. The van der Waals surface area contributed by atoms with E-state index < -0.39 is 22.5 Å². The Balaban J connectivity index is 1.66. The van der Waals surface area contributed by atoms with Crippen molar-refractivity contribution < 1.29 is 23.8 Å². The molecule has 7 heteroatoms. The van der Waals surface area contributed by atoms with Crippen LogP contribution in [0, 0.1) is 0 Å². The minimum Gasteiger partial charge on any atom is -0.503 e. The summed E-state index contributed by atoms with van der Waals surface area (Å²) >= 11 is 0. The highest BCUT2D eigenvalue weighted by Crippen LogP contribution is 2.32. The van der Waals surface area contributed by atoms with Gasteiger partial charge in [0, 0.05) is 17.0 Å². The number of carbonyl (C=O) groups is 1. The average Bonchev–Trinajstić information content (AvgIpc) is 2.73. The first kappa shape index (κ1) is 20.5. The summed E-state index contributed by atoms with van der Waals surface area (Å²) in [5, 5.41) is 11.0. The molecule has 0 spiro atoms. The predicted octanol–water partition coefficient (Wildman–Crippen LogP) is 3.37. The van der Waals surface area contributed by atoms with E-state index in [4.69, 9.17) is 13.9 Å². The maximum Gasteiger partial charge on any atom is 0.396 e. The monoisotopic (exact) mass is 413 g/mol. The summed E-state index contributed by atoms with van der Waals surface area (Å²) < 4.78 is 15.7. The number of rotatable bonds is 7. The normalized spacial score (nSPS) is 12.2. The number of ether oxygens (including phenoxy) is 2. The van der Waals surface area contributed by atoms with E-state index in [0.717, 1.165) is 5.56 Å². The number of carbonyl (C=O) groups excluding carboxylic acids is 1. The predicted molar refractivity (Wildman–Crippen MR) is 114 cm³/mol. The fourth-order valence-electron chi connectivity index (χ4n) is 2.73. The standard InChI is InChI=1S/C22H20O6S/c1-26-16-9-10-18-17(14-16)20(24)21(22(25)28-18)29(2)13-12-27-19(23)11-8-15-6-4-3-5-7-15/h3-11,14H,12-13H2,1-2H3/p+1/b11-8+. The summed E-state index contributed by atoms with van der Waals surface area (Å²) in [6, 6.07) is 14.3. The minimum atomic E-state index is -0.676. The molecule has 0 aliphatic heterocycles. The Morgan fingerprint density at radius 2 is 1.97 bits per heavy atom. The molecule has 1 unspecified atom stereocenters. The van der Waals surface area contributed by atoms with Gasteiger partial charge in [-0.1, -0.05) is 30.3 Å². The van der Waals surface area contributed by atoms with Gasteiger partial charge in [0.1, 0.15) is 29.9 Å². The van der Waals surface area contributed by atoms with Crippen LogP contribution in [0.1, 0.15) is 5.56 Å². The molecule has 150 valence electrons. The van der Waals surface area contributed by atoms with Gasteiger partial charge in [-0.3, -0.25) is 0 Å². The molecular formula is C22H21O6S+. The molecule has 6 nitrogen and oxygen atoms in total. The third kappa shape index (κ3) is 5.00. The van der Waals surface area contributed by atoms with Gasteiger partial charge in [0.15, 0.2) is 5.75 Å². The van der Waals surface area contributed by atoms with Crippen LogP contribution in [-0.4, -0.2) is 36.8 Å². The van der Waals surface area contributed by atoms with Crippen molar-refractivity contribution in [2.45, 2.75) is 4.90 Å². The van der Waals surface area contributed by atoms with Crippen molar-refractivity contribution in [1.82, 2.24) is 0 Å². The second kappa shape index (κ2) is 9.34. The second-order valence-electron chi connectivity index (χ2n) is 6.18. The molecule has 1 N–H and O–H groups in total. The van der Waals surface area contributed by atoms with Crippen LogP contribution < -0.4 is 10.4 Å². The number of esters is 1. The first-order valence-electron chi connectivity index (χ1n) is 8.86. The summed E-state index contributed by atoms with van der Waals surface area (Å²) in [7, 11) is 0.841. The Labute approximate surface area is 170 Å². The Bertz CT molecular complexity index is 1090. The molecule has 29 heavy (non-hydrogen) atoms. The highest BCUT2D eigenvalue weighted by molar-refractivity contribution is 7.96. The zero-order valence-corrected chi connectivity index (χ0v) is 16.9. The van der Waals surface area contributed by atoms with Crippen LogP contribution >= 0.6 is 0 Å². The lowest BCUT2D eigenvalue weighted by molar-refractivity contribution is -0.137. The number of hydrogen-bond donors (Lipinski definition) is 1. The SMILES string of the molecule is COc1ccc2oc(=O)c([S+](C)CCOC(=O)/C=C/c3ccccc3)c(O)c2c1. The summed E-state index contributed by atoms with van der Waals surface area (Å²) in [5.74, 6) is 0.336. The Kier molecular flexibility index (Phi) is 6.61. The molecule has 2 aromatic carbocycles. The van der Waals surface area contributed by atoms with E-state index in [0.29, 0.717) is 16.9 Å². The van der Waals surface area contributed by atoms with Crippen LogP contribution in [-0.2, 0) is 20.4 Å². The number of aromatic hydroxyl groups is 1. The van der Waals surface area contributed by atoms with Gasteiger partial charge in [-0.25, -0.2) is 9.59 Å². The molecule has 1 aromatic heterocycles. The van der Waals surface area contributed by atoms with Crippen molar-refractivity contribution in [2.24, 2.45) is 0 Å². The summed E-state index contributed by atoms with van der Waals surface area (Å²) in [6.45, 7) is 0.118. The van der Waals surface area contributed by atoms with E-state index >= 15 is 0 Å². The molecule has 1 atom stereocenters. The zero-order chi connectivity index (χ0) is 20.8. The maximum absolute atomic E-state index is 12.3. The molecule has 0 saturated heterocycles. The summed E-state index contributed by atoms with van der Waals surface area (Å²) in [6.07, 6.45) is 4.83. The molecule has 0 aliphatic carbocycles. The fraction of sp³-hybridized carbons (Fsp3) is 0.182. The van der Waals surface area contributed by atoms with Crippen molar-refractivity contribution in [2.75, 3.05) is 25.7 Å². The molecule has 0 saturated carbocycles. The number of methoxy groups -OCH3 is 1. The van der Waals surface area contributed by atoms with Crippen LogP contribution in [0.25, 0.3) is 17.0 Å². The highest BCUT2D eigenvalue weighted by atomic mass is 32.2. The quantitative estimate of drug-likeness (QED) is 0.277. The van der Waals surface area contributed by atoms with Crippen LogP contribution in [0.3, 0.4) is 0 Å². The molecule has 1 heterocycles. The molecule has 0 bridgehead atoms. The van der Waals surface area contributed by atoms with E-state index in [2.05, 4.69) is 0 Å². The van der Waals surface area contributed by atoms with Crippen molar-refractivity contribution in [3.8, 4) is 11.5 Å². The lowest BCUT2D eigenvalue weighted by Crippen LogP contribution is -2.20. The van der Waals surface area contributed by atoms with Crippen LogP contribution in [0.4, 0.5) is 0 Å². The van der Waals surface area contributed by atoms with Crippen molar-refractivity contribution in [3.05, 3.63) is 70.6 Å². The number of benzene rings is 2. The first-order chi connectivity index (χ1) is 14.0. The number of fused-ring (bicyclic) bond motifs is 1. The molecule has 0 radical (unpaired) electrons. The number of hydrogen-bond acceptors (Lipinski definition) is 6. The fourth-order valence-corrected chi connectivity index (χ4v) is 4.03. The molecule has 0 amide bonds. The van der Waals surface area contributed by atoms with E-state index in [-0.39, 0.29) is 22.8 Å². The second-order valence-corrected chi connectivity index (χ2v) is 8.27. The van der Waals surface area contributed by atoms with E-state index in [1.807, 2.05) is 30.3 Å². The summed E-state index contributed by atoms with van der Waals surface area (Å²) in [5.41, 5.74) is 0.585. The highest BCUT2D eigenvalue weighted by Gasteiger charge is 2.28. The molecule has 3 rings (SSSR count). The van der Waals surface area contributed by atoms with Crippen molar-refractivity contribution in [1.29, 1.82) is 0 Å². The lowest BCUT2D eigenvalue weighted by atomic mass is 10.2. The van der Waals surface area contributed by atoms with Gasteiger partial charge < -0.3 is 19.0 Å². The van der Waals surface area contributed by atoms with Crippen LogP contribution in [0.2, 0.25) is 0 Å². The van der Waals surface area contributed by atoms with Crippen molar-refractivity contribution in [3.63, 3.8) is 0 Å². The minimum absolute atomic E-state index is 0.118. The molecular weight excluding hydrogens is 392 g/mol. The van der Waals surface area contributed by atoms with Gasteiger partial charge in [0.05, 0.1) is 12.5 Å². The van der Waals surface area contributed by atoms with Gasteiger partial charge in [0.25, 0.3) is 4.90 Å². The average molecular weight is 413 g/mol. The molecule has 0 fully saturated rings. The third-order valence-corrected chi connectivity index (χ3v) is 6.07. The lowest BCUT2D eigenvalue weighted by Gasteiger charge is -2.07. The Hall–Kier alpha value is -3.19. The zero-order valence-electron chi connectivity index (χ0n) is 16.1. The Morgan fingerprint density at radius 3 is 2.69 bits per heavy atom. The van der Waals surface area contributed by atoms with E-state index in [1.54, 1.807) is 30.5 Å². The van der Waals surface area contributed by atoms with Crippen LogP contribution in [0.5, 0.6) is 11.5 Å². The van der Waals surface area contributed by atoms with Gasteiger partial charge in [-0.15, -0.1) is 0 Å². The molecule has 0 aliphatic rings. The van der Waals surface area contributed by atoms with Crippen molar-refractivity contribution >= 4 is 33.9 Å². The largest absolute Gasteiger partial charge is 0.503 e. The smallest absolute Gasteiger partial charge is 0.396 e. The first-order valence-corrected chi connectivity index (χ1v) is 10.7. The van der Waals surface area contributed by atoms with E-state index in [9.17, 15) is 14.7 Å². The third-order valence-electron chi connectivity index (χ3n) is 4.24. The van der Waals surface area contributed by atoms with Gasteiger partial charge >= 0.3 is 11.6 Å². The van der Waals surface area contributed by atoms with Gasteiger partial charge in [0.2, 0.25) is 0 Å². The van der Waals surface area contributed by atoms with Gasteiger partial charge in [-0.2, -0.15) is 0 Å². The maximum atomic E-state index is 12.3. The van der Waals surface area contributed by atoms with Crippen LogP contribution in [0.15, 0.2) is 68.7 Å². The molecule has 3 aromatic rings. The van der Waals surface area contributed by atoms with Gasteiger partial charge in [-0.05, 0) is 29.8 Å². The Morgan fingerprint density at radius 1 is 1.21 bits per heavy atom. The topological polar surface area (TPSA) is 86.0 Å². The van der Waals surface area contributed by atoms with E-state index in [1.165, 1.54) is 13.2 Å².